The molecule has 2 unspecified atom stereocenters. The molecule has 1 nitrogen and oxygen atoms in total. The van der Waals surface area contributed by atoms with Crippen LogP contribution in [-0.4, -0.2) is 5.11 Å². The van der Waals surface area contributed by atoms with Crippen molar-refractivity contribution in [2.75, 3.05) is 0 Å². The van der Waals surface area contributed by atoms with Crippen LogP contribution in [0, 0.1) is 0 Å². The predicted octanol–water partition coefficient (Wildman–Crippen LogP) is 5.64. The third-order valence-corrected chi connectivity index (χ3v) is 4.52. The van der Waals surface area contributed by atoms with Crippen LogP contribution in [0.2, 0.25) is 0 Å². The number of hydrogen-bond acceptors (Lipinski definition) is 1. The van der Waals surface area contributed by atoms with Gasteiger partial charge in [-0.1, -0.05) is 69.7 Å². The standard InChI is InChI=1S/C20H26O/c1-4-5-10-17-11-6-7-12-18(17)15(2)16(3)19-13-8-9-14-20(19)21/h6-9,11-16,21H,4-5,10H2,1-3H3. The highest BCUT2D eigenvalue weighted by Crippen LogP contribution is 2.37. The van der Waals surface area contributed by atoms with Gasteiger partial charge in [0.25, 0.3) is 0 Å². The SMILES string of the molecule is CCCCc1ccccc1C(C)C(C)c1ccccc1O. The van der Waals surface area contributed by atoms with Crippen LogP contribution in [0.3, 0.4) is 0 Å². The molecule has 0 aromatic heterocycles. The van der Waals surface area contributed by atoms with E-state index in [4.69, 9.17) is 0 Å². The van der Waals surface area contributed by atoms with Gasteiger partial charge in [-0.15, -0.1) is 0 Å². The highest BCUT2D eigenvalue weighted by atomic mass is 16.3. The maximum Gasteiger partial charge on any atom is 0.119 e. The molecule has 0 saturated heterocycles. The number of phenols is 1. The first kappa shape index (κ1) is 15.6. The van der Waals surface area contributed by atoms with E-state index in [1.54, 1.807) is 6.07 Å². The van der Waals surface area contributed by atoms with Gasteiger partial charge in [0.2, 0.25) is 0 Å². The summed E-state index contributed by atoms with van der Waals surface area (Å²) >= 11 is 0. The third-order valence-electron chi connectivity index (χ3n) is 4.52. The van der Waals surface area contributed by atoms with Crippen molar-refractivity contribution in [3.63, 3.8) is 0 Å². The molecule has 2 aromatic rings. The molecule has 0 aliphatic rings. The number of para-hydroxylation sites is 1. The van der Waals surface area contributed by atoms with Crippen LogP contribution in [0.15, 0.2) is 48.5 Å². The molecule has 2 rings (SSSR count). The molecule has 0 saturated carbocycles. The van der Waals surface area contributed by atoms with Crippen molar-refractivity contribution in [2.24, 2.45) is 0 Å². The van der Waals surface area contributed by atoms with Gasteiger partial charge in [0.15, 0.2) is 0 Å². The molecule has 0 bridgehead atoms. The second kappa shape index (κ2) is 7.31. The van der Waals surface area contributed by atoms with Crippen molar-refractivity contribution in [1.29, 1.82) is 0 Å². The maximum absolute atomic E-state index is 10.1. The smallest absolute Gasteiger partial charge is 0.119 e. The molecule has 2 aromatic carbocycles. The molecule has 112 valence electrons. The molecule has 0 aliphatic heterocycles. The molecule has 0 amide bonds. The lowest BCUT2D eigenvalue weighted by atomic mass is 9.81. The summed E-state index contributed by atoms with van der Waals surface area (Å²) in [5.41, 5.74) is 3.91. The van der Waals surface area contributed by atoms with E-state index in [2.05, 4.69) is 45.0 Å². The van der Waals surface area contributed by atoms with Gasteiger partial charge in [-0.3, -0.25) is 0 Å². The minimum atomic E-state index is 0.300. The molecule has 1 heteroatoms. The van der Waals surface area contributed by atoms with Gasteiger partial charge in [-0.05, 0) is 47.4 Å². The van der Waals surface area contributed by atoms with Gasteiger partial charge in [-0.25, -0.2) is 0 Å². The van der Waals surface area contributed by atoms with Crippen molar-refractivity contribution in [1.82, 2.24) is 0 Å². The Labute approximate surface area is 128 Å². The molecule has 0 fully saturated rings. The van der Waals surface area contributed by atoms with Crippen molar-refractivity contribution in [2.45, 2.75) is 51.9 Å². The summed E-state index contributed by atoms with van der Waals surface area (Å²) in [5, 5.41) is 10.1. The molecular formula is C20H26O. The van der Waals surface area contributed by atoms with Crippen molar-refractivity contribution < 1.29 is 5.11 Å². The highest BCUT2D eigenvalue weighted by Gasteiger charge is 2.20. The number of aromatic hydroxyl groups is 1. The molecular weight excluding hydrogens is 256 g/mol. The van der Waals surface area contributed by atoms with E-state index in [1.165, 1.54) is 24.0 Å². The first-order valence-corrected chi connectivity index (χ1v) is 8.00. The number of unbranched alkanes of at least 4 members (excludes halogenated alkanes) is 1. The van der Waals surface area contributed by atoms with Crippen LogP contribution in [-0.2, 0) is 6.42 Å². The number of phenolic OH excluding ortho intramolecular Hbond substituents is 1. The van der Waals surface area contributed by atoms with Crippen LogP contribution in [0.5, 0.6) is 5.75 Å². The topological polar surface area (TPSA) is 20.2 Å². The number of benzene rings is 2. The fraction of sp³-hybridized carbons (Fsp3) is 0.400. The second-order valence-electron chi connectivity index (χ2n) is 5.94. The molecule has 2 atom stereocenters. The zero-order valence-corrected chi connectivity index (χ0v) is 13.3. The summed E-state index contributed by atoms with van der Waals surface area (Å²) < 4.78 is 0. The molecule has 21 heavy (non-hydrogen) atoms. The van der Waals surface area contributed by atoms with Crippen LogP contribution in [0.1, 0.15) is 62.1 Å². The van der Waals surface area contributed by atoms with Gasteiger partial charge >= 0.3 is 0 Å². The first-order valence-electron chi connectivity index (χ1n) is 8.00. The summed E-state index contributed by atoms with van der Waals surface area (Å²) in [7, 11) is 0. The fourth-order valence-electron chi connectivity index (χ4n) is 2.98. The summed E-state index contributed by atoms with van der Waals surface area (Å²) in [6.07, 6.45) is 3.59. The Kier molecular flexibility index (Phi) is 5.44. The minimum Gasteiger partial charge on any atom is -0.508 e. The van der Waals surface area contributed by atoms with Crippen LogP contribution in [0.25, 0.3) is 0 Å². The van der Waals surface area contributed by atoms with Gasteiger partial charge in [0, 0.05) is 0 Å². The Bertz CT molecular complexity index is 574. The van der Waals surface area contributed by atoms with Crippen LogP contribution in [0.4, 0.5) is 0 Å². The second-order valence-corrected chi connectivity index (χ2v) is 5.94. The Morgan fingerprint density at radius 1 is 0.857 bits per heavy atom. The highest BCUT2D eigenvalue weighted by molar-refractivity contribution is 5.39. The molecule has 1 N–H and O–H groups in total. The summed E-state index contributed by atoms with van der Waals surface area (Å²) in [4.78, 5) is 0. The number of rotatable bonds is 6. The number of aryl methyl sites for hydroxylation is 1. The van der Waals surface area contributed by atoms with E-state index in [1.807, 2.05) is 18.2 Å². The largest absolute Gasteiger partial charge is 0.508 e. The Morgan fingerprint density at radius 2 is 1.43 bits per heavy atom. The van der Waals surface area contributed by atoms with Gasteiger partial charge in [-0.2, -0.15) is 0 Å². The molecule has 0 heterocycles. The van der Waals surface area contributed by atoms with Gasteiger partial charge in [0.05, 0.1) is 0 Å². The van der Waals surface area contributed by atoms with Crippen molar-refractivity contribution in [3.05, 3.63) is 65.2 Å². The van der Waals surface area contributed by atoms with E-state index in [-0.39, 0.29) is 0 Å². The normalized spacial score (nSPS) is 13.9. The van der Waals surface area contributed by atoms with Crippen molar-refractivity contribution in [3.8, 4) is 5.75 Å². The summed E-state index contributed by atoms with van der Waals surface area (Å²) in [5.74, 6) is 1.10. The van der Waals surface area contributed by atoms with Crippen LogP contribution < -0.4 is 0 Å². The van der Waals surface area contributed by atoms with E-state index in [0.717, 1.165) is 12.0 Å². The van der Waals surface area contributed by atoms with Gasteiger partial charge < -0.3 is 5.11 Å². The third kappa shape index (κ3) is 3.66. The average Bonchev–Trinajstić information content (AvgIpc) is 2.52. The van der Waals surface area contributed by atoms with Crippen molar-refractivity contribution >= 4 is 0 Å². The quantitative estimate of drug-likeness (QED) is 0.726. The van der Waals surface area contributed by atoms with E-state index >= 15 is 0 Å². The van der Waals surface area contributed by atoms with E-state index < -0.39 is 0 Å². The van der Waals surface area contributed by atoms with Crippen LogP contribution >= 0.6 is 0 Å². The molecule has 0 radical (unpaired) electrons. The minimum absolute atomic E-state index is 0.300. The molecule has 0 aliphatic carbocycles. The molecule has 0 spiro atoms. The predicted molar refractivity (Wildman–Crippen MR) is 90.0 cm³/mol. The summed E-state index contributed by atoms with van der Waals surface area (Å²) in [6, 6.07) is 16.4. The lowest BCUT2D eigenvalue weighted by Crippen LogP contribution is -2.08. The zero-order chi connectivity index (χ0) is 15.2. The Hall–Kier alpha value is -1.76. The monoisotopic (exact) mass is 282 g/mol. The van der Waals surface area contributed by atoms with E-state index in [9.17, 15) is 5.11 Å². The lowest BCUT2D eigenvalue weighted by molar-refractivity contribution is 0.456. The van der Waals surface area contributed by atoms with Gasteiger partial charge in [0.1, 0.15) is 5.75 Å². The van der Waals surface area contributed by atoms with E-state index in [0.29, 0.717) is 17.6 Å². The number of hydrogen-bond donors (Lipinski definition) is 1. The maximum atomic E-state index is 10.1. The first-order chi connectivity index (χ1) is 10.1. The Morgan fingerprint density at radius 3 is 2.10 bits per heavy atom. The average molecular weight is 282 g/mol. The lowest BCUT2D eigenvalue weighted by Gasteiger charge is -2.24. The Balaban J connectivity index is 2.27. The fourth-order valence-corrected chi connectivity index (χ4v) is 2.98. The zero-order valence-electron chi connectivity index (χ0n) is 13.3. The summed E-state index contributed by atoms with van der Waals surface area (Å²) in [6.45, 7) is 6.70.